The molecule has 11 heteroatoms. The fraction of sp³-hybridized carbons (Fsp3) is 0.895. The molecule has 0 fully saturated rings. The largest absolute Gasteiger partial charge is 0.400 e. The molecule has 0 aliphatic carbocycles. The van der Waals surface area contributed by atoms with Gasteiger partial charge in [-0.1, -0.05) is 76.2 Å². The summed E-state index contributed by atoms with van der Waals surface area (Å²) in [5, 5.41) is 10.5. The summed E-state index contributed by atoms with van der Waals surface area (Å²) in [7, 11) is 2.68. The molecule has 0 rings (SSSR count). The van der Waals surface area contributed by atoms with E-state index in [0.717, 1.165) is 7.11 Å². The van der Waals surface area contributed by atoms with Crippen molar-refractivity contribution in [3.05, 3.63) is 0 Å². The van der Waals surface area contributed by atoms with Gasteiger partial charge in [0, 0.05) is 57.3 Å². The van der Waals surface area contributed by atoms with Gasteiger partial charge in [0.25, 0.3) is 0 Å². The molecular formula is C38H80N2O9. The van der Waals surface area contributed by atoms with Gasteiger partial charge in [-0.2, -0.15) is 0 Å². The average Bonchev–Trinajstić information content (AvgIpc) is 3.08. The van der Waals surface area contributed by atoms with E-state index in [2.05, 4.69) is 33.0 Å². The zero-order chi connectivity index (χ0) is 39.6. The molecule has 2 atom stereocenters. The molecule has 0 saturated heterocycles. The summed E-state index contributed by atoms with van der Waals surface area (Å²) in [5.74, 6) is -0.102. The lowest BCUT2D eigenvalue weighted by Gasteiger charge is -2.41. The highest BCUT2D eigenvalue weighted by Gasteiger charge is 2.39. The molecule has 0 spiro atoms. The van der Waals surface area contributed by atoms with E-state index in [1.165, 1.54) is 6.92 Å². The maximum Gasteiger partial charge on any atom is 0.225 e. The van der Waals surface area contributed by atoms with Gasteiger partial charge in [-0.3, -0.25) is 19.2 Å². The summed E-state index contributed by atoms with van der Waals surface area (Å²) >= 11 is 0. The second kappa shape index (κ2) is 36.0. The number of rotatable bonds is 25. The van der Waals surface area contributed by atoms with Crippen LogP contribution in [0.25, 0.3) is 0 Å². The van der Waals surface area contributed by atoms with Crippen LogP contribution in [0.1, 0.15) is 136 Å². The molecule has 11 nitrogen and oxygen atoms in total. The summed E-state index contributed by atoms with van der Waals surface area (Å²) in [6, 6.07) is 0.295. The average molecular weight is 709 g/mol. The number of hydrogen-bond donors (Lipinski definition) is 2. The molecule has 0 aromatic rings. The van der Waals surface area contributed by atoms with Gasteiger partial charge in [0.1, 0.15) is 22.9 Å². The van der Waals surface area contributed by atoms with E-state index >= 15 is 0 Å². The van der Waals surface area contributed by atoms with E-state index < -0.39 is 5.54 Å². The van der Waals surface area contributed by atoms with Gasteiger partial charge in [-0.05, 0) is 27.7 Å². The van der Waals surface area contributed by atoms with Crippen LogP contribution in [0.5, 0.6) is 0 Å². The molecule has 0 radical (unpaired) electrons. The Morgan fingerprint density at radius 1 is 0.735 bits per heavy atom. The summed E-state index contributed by atoms with van der Waals surface area (Å²) in [6.07, 6.45) is 0.979. The third-order valence-electron chi connectivity index (χ3n) is 6.72. The minimum Gasteiger partial charge on any atom is -0.400 e. The number of amides is 1. The van der Waals surface area contributed by atoms with Crippen molar-refractivity contribution in [2.75, 3.05) is 60.4 Å². The predicted molar refractivity (Wildman–Crippen MR) is 202 cm³/mol. The molecular weight excluding hydrogens is 628 g/mol. The van der Waals surface area contributed by atoms with E-state index in [1.807, 2.05) is 62.3 Å². The first kappa shape index (κ1) is 56.6. The lowest BCUT2D eigenvalue weighted by Crippen LogP contribution is -2.59. The van der Waals surface area contributed by atoms with Gasteiger partial charge >= 0.3 is 0 Å². The third kappa shape index (κ3) is 31.9. The Morgan fingerprint density at radius 3 is 1.55 bits per heavy atom. The molecule has 0 aliphatic rings. The van der Waals surface area contributed by atoms with Crippen LogP contribution >= 0.6 is 0 Å². The van der Waals surface area contributed by atoms with Crippen LogP contribution in [-0.2, 0) is 38.1 Å². The maximum atomic E-state index is 13.6. The molecule has 0 bridgehead atoms. The Balaban J connectivity index is -0.000000746. The fourth-order valence-electron chi connectivity index (χ4n) is 4.12. The highest BCUT2D eigenvalue weighted by molar-refractivity contribution is 5.80. The summed E-state index contributed by atoms with van der Waals surface area (Å²) < 4.78 is 23.8. The van der Waals surface area contributed by atoms with Crippen LogP contribution in [-0.4, -0.2) is 117 Å². The monoisotopic (exact) mass is 709 g/mol. The van der Waals surface area contributed by atoms with Gasteiger partial charge in [-0.25, -0.2) is 0 Å². The first-order valence-corrected chi connectivity index (χ1v) is 18.4. The fourth-order valence-corrected chi connectivity index (χ4v) is 4.12. The molecule has 49 heavy (non-hydrogen) atoms. The van der Waals surface area contributed by atoms with Crippen molar-refractivity contribution in [1.29, 1.82) is 0 Å². The number of nitrogens with one attached hydrogen (secondary N) is 1. The molecule has 0 aromatic carbocycles. The normalized spacial score (nSPS) is 12.4. The number of aliphatic hydroxyl groups excluding tert-OH is 1. The molecule has 0 saturated carbocycles. The van der Waals surface area contributed by atoms with E-state index in [4.69, 9.17) is 24.1 Å². The van der Waals surface area contributed by atoms with Gasteiger partial charge in [0.2, 0.25) is 5.91 Å². The highest BCUT2D eigenvalue weighted by Crippen LogP contribution is 2.21. The van der Waals surface area contributed by atoms with E-state index in [9.17, 15) is 19.2 Å². The molecule has 0 heterocycles. The predicted octanol–water partition coefficient (Wildman–Crippen LogP) is 6.46. The van der Waals surface area contributed by atoms with Crippen LogP contribution in [0.15, 0.2) is 0 Å². The first-order chi connectivity index (χ1) is 23.0. The molecule has 1 amide bonds. The Labute approximate surface area is 301 Å². The van der Waals surface area contributed by atoms with Gasteiger partial charge in [-0.15, -0.1) is 0 Å². The van der Waals surface area contributed by atoms with Gasteiger partial charge in [0.15, 0.2) is 0 Å². The number of carbonyl (C=O) groups is 4. The van der Waals surface area contributed by atoms with Crippen LogP contribution in [0, 0.1) is 5.92 Å². The summed E-state index contributed by atoms with van der Waals surface area (Å²) in [6.45, 7) is 30.3. The number of Topliss-reactive ketones (excluding diaryl/α,β-unsaturated/α-hetero) is 3. The number of nitrogens with zero attached hydrogens (tertiary/aromatic N) is 1. The Bertz CT molecular complexity index is 804. The maximum absolute atomic E-state index is 13.6. The van der Waals surface area contributed by atoms with Crippen LogP contribution in [0.2, 0.25) is 0 Å². The third-order valence-corrected chi connectivity index (χ3v) is 6.72. The minimum atomic E-state index is -1.04. The SMILES string of the molecule is CC.CC.CC.CCC(=O)CCOCC(COCCC(C)=O)(COCCC(=O)C(C)C)N(C)C(=O)CC(C)OCC(C)(C)NC(C)C.CO. The second-order valence-electron chi connectivity index (χ2n) is 12.3. The lowest BCUT2D eigenvalue weighted by molar-refractivity contribution is -0.153. The highest BCUT2D eigenvalue weighted by atomic mass is 16.5. The zero-order valence-corrected chi connectivity index (χ0v) is 34.9. The molecule has 0 aromatic heterocycles. The van der Waals surface area contributed by atoms with Crippen molar-refractivity contribution in [2.24, 2.45) is 5.92 Å². The second-order valence-corrected chi connectivity index (χ2v) is 12.3. The lowest BCUT2D eigenvalue weighted by atomic mass is 9.99. The summed E-state index contributed by atoms with van der Waals surface area (Å²) in [5.41, 5.74) is -1.29. The Hall–Kier alpha value is -1.76. The van der Waals surface area contributed by atoms with Gasteiger partial charge in [0.05, 0.1) is 58.8 Å². The van der Waals surface area contributed by atoms with Crippen molar-refractivity contribution in [2.45, 2.75) is 159 Å². The van der Waals surface area contributed by atoms with Crippen LogP contribution in [0.3, 0.4) is 0 Å². The minimum absolute atomic E-state index is 0.00124. The van der Waals surface area contributed by atoms with Gasteiger partial charge < -0.3 is 34.3 Å². The summed E-state index contributed by atoms with van der Waals surface area (Å²) in [4.78, 5) is 50.6. The molecule has 2 unspecified atom stereocenters. The van der Waals surface area contributed by atoms with Crippen molar-refractivity contribution >= 4 is 23.3 Å². The van der Waals surface area contributed by atoms with Crippen molar-refractivity contribution in [3.8, 4) is 0 Å². The smallest absolute Gasteiger partial charge is 0.225 e. The van der Waals surface area contributed by atoms with E-state index in [0.29, 0.717) is 19.1 Å². The molecule has 296 valence electrons. The van der Waals surface area contributed by atoms with Crippen LogP contribution in [0.4, 0.5) is 0 Å². The van der Waals surface area contributed by atoms with Crippen molar-refractivity contribution in [1.82, 2.24) is 10.2 Å². The number of ether oxygens (including phenoxy) is 4. The van der Waals surface area contributed by atoms with Crippen molar-refractivity contribution < 1.29 is 43.2 Å². The number of hydrogen-bond acceptors (Lipinski definition) is 10. The van der Waals surface area contributed by atoms with Crippen LogP contribution < -0.4 is 5.32 Å². The first-order valence-electron chi connectivity index (χ1n) is 18.4. The topological polar surface area (TPSA) is 141 Å². The molecule has 2 N–H and O–H groups in total. The quantitative estimate of drug-likeness (QED) is 0.102. The van der Waals surface area contributed by atoms with E-state index in [1.54, 1.807) is 18.9 Å². The van der Waals surface area contributed by atoms with E-state index in [-0.39, 0.29) is 106 Å². The number of carbonyl (C=O) groups excluding carboxylic acids is 4. The number of ketones is 3. The number of likely N-dealkylation sites (N-methyl/N-ethyl adjacent to an activating group) is 1. The van der Waals surface area contributed by atoms with Crippen molar-refractivity contribution in [3.63, 3.8) is 0 Å². The zero-order valence-electron chi connectivity index (χ0n) is 34.9. The Morgan fingerprint density at radius 2 is 1.16 bits per heavy atom. The molecule has 0 aliphatic heterocycles. The Kier molecular flexibility index (Phi) is 41.6. The standard InChI is InChI=1S/C31H58N2O8.3C2H6.CH4O/c1-11-27(35)13-16-39-21-31(20-38-15-12-25(6)34,22-40-17-14-28(36)23(2)3)33(10)29(37)18-26(7)41-19-30(8,9)32-24(4)5;4*1-2/h23-24,26,32H,11-22H2,1-10H3;3*1-2H3;2H,1H3. The number of aliphatic hydroxyl groups is 1.